The van der Waals surface area contributed by atoms with Crippen molar-refractivity contribution in [2.75, 3.05) is 20.2 Å². The first-order valence-electron chi connectivity index (χ1n) is 5.17. The highest BCUT2D eigenvalue weighted by Crippen LogP contribution is 1.95. The number of amides is 1. The van der Waals surface area contributed by atoms with Crippen LogP contribution in [-0.4, -0.2) is 37.2 Å². The van der Waals surface area contributed by atoms with Gasteiger partial charge in [-0.3, -0.25) is 9.78 Å². The number of rotatable bonds is 6. The van der Waals surface area contributed by atoms with E-state index in [0.29, 0.717) is 6.54 Å². The fourth-order valence-corrected chi connectivity index (χ4v) is 1.30. The summed E-state index contributed by atoms with van der Waals surface area (Å²) in [5.74, 6) is -0.172. The zero-order chi connectivity index (χ0) is 11.8. The zero-order valence-corrected chi connectivity index (χ0v) is 9.35. The van der Waals surface area contributed by atoms with Gasteiger partial charge >= 0.3 is 0 Å². The van der Waals surface area contributed by atoms with E-state index >= 15 is 0 Å². The van der Waals surface area contributed by atoms with Gasteiger partial charge in [-0.2, -0.15) is 0 Å². The quantitative estimate of drug-likeness (QED) is 0.695. The molecule has 88 valence electrons. The van der Waals surface area contributed by atoms with Crippen LogP contribution in [0.4, 0.5) is 0 Å². The molecule has 3 N–H and O–H groups in total. The number of methoxy groups -OCH3 is 1. The van der Waals surface area contributed by atoms with Crippen molar-refractivity contribution in [2.24, 2.45) is 5.73 Å². The number of aromatic nitrogens is 1. The highest BCUT2D eigenvalue weighted by Gasteiger charge is 2.14. The summed E-state index contributed by atoms with van der Waals surface area (Å²) in [5, 5.41) is 2.76. The Morgan fingerprint density at radius 3 is 3.06 bits per heavy atom. The molecule has 0 saturated heterocycles. The van der Waals surface area contributed by atoms with E-state index in [4.69, 9.17) is 10.5 Å². The van der Waals surface area contributed by atoms with E-state index in [0.717, 1.165) is 12.0 Å². The van der Waals surface area contributed by atoms with Crippen LogP contribution in [0.1, 0.15) is 5.56 Å². The maximum atomic E-state index is 11.5. The molecule has 1 atom stereocenters. The molecule has 1 unspecified atom stereocenters. The van der Waals surface area contributed by atoms with Crippen LogP contribution in [0.25, 0.3) is 0 Å². The molecular weight excluding hydrogens is 206 g/mol. The predicted octanol–water partition coefficient (Wildman–Crippen LogP) is -0.286. The average Bonchev–Trinajstić information content (AvgIpc) is 2.32. The Bertz CT molecular complexity index is 312. The van der Waals surface area contributed by atoms with Crippen molar-refractivity contribution in [3.8, 4) is 0 Å². The summed E-state index contributed by atoms with van der Waals surface area (Å²) in [4.78, 5) is 15.5. The molecule has 1 aromatic rings. The van der Waals surface area contributed by atoms with Gasteiger partial charge in [0, 0.05) is 32.6 Å². The van der Waals surface area contributed by atoms with E-state index in [1.807, 2.05) is 12.1 Å². The van der Waals surface area contributed by atoms with Gasteiger partial charge in [-0.25, -0.2) is 0 Å². The number of hydrogen-bond acceptors (Lipinski definition) is 4. The summed E-state index contributed by atoms with van der Waals surface area (Å²) in [6.07, 6.45) is 3.69. The minimum atomic E-state index is -0.561. The summed E-state index contributed by atoms with van der Waals surface area (Å²) < 4.78 is 4.91. The van der Waals surface area contributed by atoms with Gasteiger partial charge in [0.2, 0.25) is 5.91 Å². The Balaban J connectivity index is 2.28. The molecule has 0 fully saturated rings. The lowest BCUT2D eigenvalue weighted by Crippen LogP contribution is -2.41. The number of carbonyl (C=O) groups excluding carboxylic acids is 1. The van der Waals surface area contributed by atoms with Crippen molar-refractivity contribution < 1.29 is 9.53 Å². The lowest BCUT2D eigenvalue weighted by molar-refractivity contribution is -0.130. The number of nitrogens with two attached hydrogens (primary N) is 1. The molecule has 0 saturated carbocycles. The lowest BCUT2D eigenvalue weighted by Gasteiger charge is -2.12. The van der Waals surface area contributed by atoms with Crippen LogP contribution in [-0.2, 0) is 16.0 Å². The van der Waals surface area contributed by atoms with Crippen LogP contribution in [0.2, 0.25) is 0 Å². The number of carbonyl (C=O) groups is 1. The van der Waals surface area contributed by atoms with E-state index in [2.05, 4.69) is 10.3 Å². The van der Waals surface area contributed by atoms with Crippen molar-refractivity contribution in [1.82, 2.24) is 10.3 Å². The fourth-order valence-electron chi connectivity index (χ4n) is 1.30. The second-order valence-corrected chi connectivity index (χ2v) is 3.36. The molecule has 0 radical (unpaired) electrons. The molecule has 1 aromatic heterocycles. The molecule has 0 aliphatic carbocycles. The maximum absolute atomic E-state index is 11.5. The third-order valence-electron chi connectivity index (χ3n) is 2.23. The first-order valence-corrected chi connectivity index (χ1v) is 5.17. The Hall–Kier alpha value is -1.46. The molecular formula is C11H17N3O2. The van der Waals surface area contributed by atoms with Crippen LogP contribution in [0.15, 0.2) is 24.5 Å². The minimum absolute atomic E-state index is 0.172. The van der Waals surface area contributed by atoms with E-state index in [1.165, 1.54) is 7.11 Å². The van der Waals surface area contributed by atoms with Crippen molar-refractivity contribution >= 4 is 5.91 Å². The second-order valence-electron chi connectivity index (χ2n) is 3.36. The normalized spacial score (nSPS) is 12.1. The fraction of sp³-hybridized carbons (Fsp3) is 0.455. The number of hydrogen-bond donors (Lipinski definition) is 2. The summed E-state index contributed by atoms with van der Waals surface area (Å²) in [5.41, 5.74) is 6.46. The average molecular weight is 223 g/mol. The van der Waals surface area contributed by atoms with E-state index in [1.54, 1.807) is 12.4 Å². The molecule has 1 rings (SSSR count). The summed E-state index contributed by atoms with van der Waals surface area (Å²) in [6, 6.07) is 3.84. The van der Waals surface area contributed by atoms with Gasteiger partial charge in [0.15, 0.2) is 0 Å². The second kappa shape index (κ2) is 6.92. The van der Waals surface area contributed by atoms with E-state index in [9.17, 15) is 4.79 Å². The third-order valence-corrected chi connectivity index (χ3v) is 2.23. The number of nitrogens with zero attached hydrogens (tertiary/aromatic N) is 1. The molecule has 0 bridgehead atoms. The van der Waals surface area contributed by atoms with Crippen LogP contribution < -0.4 is 11.1 Å². The number of nitrogens with one attached hydrogen (secondary N) is 1. The maximum Gasteiger partial charge on any atom is 0.250 e. The highest BCUT2D eigenvalue weighted by molar-refractivity contribution is 5.80. The lowest BCUT2D eigenvalue weighted by atomic mass is 10.2. The van der Waals surface area contributed by atoms with Crippen molar-refractivity contribution in [2.45, 2.75) is 12.5 Å². The highest BCUT2D eigenvalue weighted by atomic mass is 16.5. The molecule has 1 amide bonds. The van der Waals surface area contributed by atoms with Gasteiger partial charge in [-0.05, 0) is 18.1 Å². The molecule has 0 aliphatic rings. The zero-order valence-electron chi connectivity index (χ0n) is 9.35. The number of pyridine rings is 1. The Morgan fingerprint density at radius 2 is 2.50 bits per heavy atom. The summed E-state index contributed by atoms with van der Waals surface area (Å²) in [7, 11) is 1.47. The SMILES string of the molecule is COC(CN)C(=O)NCCc1cccnc1. The van der Waals surface area contributed by atoms with Gasteiger partial charge in [0.1, 0.15) is 6.10 Å². The van der Waals surface area contributed by atoms with Gasteiger partial charge in [0.05, 0.1) is 0 Å². The molecule has 1 heterocycles. The van der Waals surface area contributed by atoms with E-state index < -0.39 is 6.10 Å². The van der Waals surface area contributed by atoms with Crippen LogP contribution in [0.5, 0.6) is 0 Å². The van der Waals surface area contributed by atoms with E-state index in [-0.39, 0.29) is 12.5 Å². The first-order chi connectivity index (χ1) is 7.77. The molecule has 0 spiro atoms. The summed E-state index contributed by atoms with van der Waals surface area (Å²) in [6.45, 7) is 0.750. The molecule has 5 heteroatoms. The standard InChI is InChI=1S/C11H17N3O2/c1-16-10(7-12)11(15)14-6-4-9-3-2-5-13-8-9/h2-3,5,8,10H,4,6-7,12H2,1H3,(H,14,15). The monoisotopic (exact) mass is 223 g/mol. The Morgan fingerprint density at radius 1 is 1.69 bits per heavy atom. The molecule has 0 aliphatic heterocycles. The Kier molecular flexibility index (Phi) is 5.45. The third kappa shape index (κ3) is 3.96. The van der Waals surface area contributed by atoms with Gasteiger partial charge in [0.25, 0.3) is 0 Å². The van der Waals surface area contributed by atoms with Crippen LogP contribution >= 0.6 is 0 Å². The van der Waals surface area contributed by atoms with Crippen molar-refractivity contribution in [3.63, 3.8) is 0 Å². The van der Waals surface area contributed by atoms with Gasteiger partial charge in [-0.1, -0.05) is 6.07 Å². The smallest absolute Gasteiger partial charge is 0.250 e. The van der Waals surface area contributed by atoms with Gasteiger partial charge < -0.3 is 15.8 Å². The largest absolute Gasteiger partial charge is 0.370 e. The molecule has 0 aromatic carbocycles. The summed E-state index contributed by atoms with van der Waals surface area (Å²) >= 11 is 0. The first kappa shape index (κ1) is 12.6. The minimum Gasteiger partial charge on any atom is -0.370 e. The predicted molar refractivity (Wildman–Crippen MR) is 60.8 cm³/mol. The van der Waals surface area contributed by atoms with Crippen LogP contribution in [0.3, 0.4) is 0 Å². The van der Waals surface area contributed by atoms with Crippen molar-refractivity contribution in [3.05, 3.63) is 30.1 Å². The van der Waals surface area contributed by atoms with Crippen molar-refractivity contribution in [1.29, 1.82) is 0 Å². The number of ether oxygens (including phenoxy) is 1. The Labute approximate surface area is 95.0 Å². The molecule has 5 nitrogen and oxygen atoms in total. The van der Waals surface area contributed by atoms with Gasteiger partial charge in [-0.15, -0.1) is 0 Å². The van der Waals surface area contributed by atoms with Crippen LogP contribution in [0, 0.1) is 0 Å². The molecule has 16 heavy (non-hydrogen) atoms. The topological polar surface area (TPSA) is 77.2 Å².